The molecular weight excluding hydrogens is 206 g/mol. The lowest BCUT2D eigenvalue weighted by atomic mass is 10.1. The molecule has 0 radical (unpaired) electrons. The molecule has 1 heterocycles. The van der Waals surface area contributed by atoms with Gasteiger partial charge in [0.05, 0.1) is 10.7 Å². The Labute approximate surface area is 95.1 Å². The number of aryl methyl sites for hydroxylation is 2. The second-order valence-electron chi connectivity index (χ2n) is 4.60. The van der Waals surface area contributed by atoms with Crippen molar-refractivity contribution in [3.8, 4) is 0 Å². The maximum atomic E-state index is 5.60. The van der Waals surface area contributed by atoms with E-state index in [2.05, 4.69) is 31.2 Å². The van der Waals surface area contributed by atoms with Gasteiger partial charge in [-0.1, -0.05) is 6.92 Å². The van der Waals surface area contributed by atoms with Crippen molar-refractivity contribution in [2.45, 2.75) is 39.7 Å². The summed E-state index contributed by atoms with van der Waals surface area (Å²) in [6.45, 7) is 6.48. The van der Waals surface area contributed by atoms with Crippen molar-refractivity contribution in [2.75, 3.05) is 0 Å². The van der Waals surface area contributed by atoms with E-state index in [1.165, 1.54) is 16.3 Å². The second-order valence-corrected chi connectivity index (χ2v) is 5.89. The number of thiazole rings is 1. The van der Waals surface area contributed by atoms with Crippen LogP contribution in [-0.2, 0) is 6.42 Å². The quantitative estimate of drug-likeness (QED) is 0.607. The van der Waals surface area contributed by atoms with Crippen LogP contribution in [0.3, 0.4) is 0 Å². The average Bonchev–Trinajstić information content (AvgIpc) is 2.82. The highest BCUT2D eigenvalue weighted by molar-refractivity contribution is 7.11. The number of hydrazine groups is 1. The summed E-state index contributed by atoms with van der Waals surface area (Å²) in [6.07, 6.45) is 2.28. The molecule has 1 aliphatic rings. The normalized spacial score (nSPS) is 26.7. The van der Waals surface area contributed by atoms with Gasteiger partial charge in [0.25, 0.3) is 0 Å². The van der Waals surface area contributed by atoms with Crippen molar-refractivity contribution < 1.29 is 0 Å². The summed E-state index contributed by atoms with van der Waals surface area (Å²) in [5, 5.41) is 1.21. The summed E-state index contributed by atoms with van der Waals surface area (Å²) >= 11 is 1.80. The van der Waals surface area contributed by atoms with Gasteiger partial charge in [-0.3, -0.25) is 11.3 Å². The number of hydrogen-bond donors (Lipinski definition) is 2. The first-order chi connectivity index (χ1) is 7.11. The molecule has 1 aromatic heterocycles. The molecule has 1 saturated carbocycles. The molecular formula is C11H19N3S. The number of nitrogens with two attached hydrogens (primary N) is 1. The van der Waals surface area contributed by atoms with Gasteiger partial charge in [-0.15, -0.1) is 11.3 Å². The van der Waals surface area contributed by atoms with Crippen LogP contribution in [0.4, 0.5) is 0 Å². The van der Waals surface area contributed by atoms with E-state index in [4.69, 9.17) is 5.84 Å². The molecule has 0 aliphatic heterocycles. The van der Waals surface area contributed by atoms with Crippen molar-refractivity contribution in [2.24, 2.45) is 17.7 Å². The molecule has 1 aromatic rings. The van der Waals surface area contributed by atoms with Gasteiger partial charge in [-0.2, -0.15) is 0 Å². The zero-order valence-corrected chi connectivity index (χ0v) is 10.4. The van der Waals surface area contributed by atoms with Crippen LogP contribution in [0.5, 0.6) is 0 Å². The molecule has 0 aromatic carbocycles. The Morgan fingerprint density at radius 2 is 2.27 bits per heavy atom. The predicted molar refractivity (Wildman–Crippen MR) is 63.7 cm³/mol. The van der Waals surface area contributed by atoms with Gasteiger partial charge in [-0.25, -0.2) is 4.98 Å². The fourth-order valence-electron chi connectivity index (χ4n) is 2.06. The smallest absolute Gasteiger partial charge is 0.0947 e. The zero-order valence-electron chi connectivity index (χ0n) is 9.58. The Bertz CT molecular complexity index is 328. The van der Waals surface area contributed by atoms with Crippen molar-refractivity contribution in [3.05, 3.63) is 15.6 Å². The van der Waals surface area contributed by atoms with Crippen LogP contribution in [0.1, 0.15) is 28.9 Å². The third-order valence-electron chi connectivity index (χ3n) is 3.37. The minimum Gasteiger partial charge on any atom is -0.271 e. The van der Waals surface area contributed by atoms with Gasteiger partial charge in [0.15, 0.2) is 0 Å². The van der Waals surface area contributed by atoms with Crippen molar-refractivity contribution in [1.82, 2.24) is 10.4 Å². The number of rotatable bonds is 4. The van der Waals surface area contributed by atoms with Gasteiger partial charge in [-0.05, 0) is 32.1 Å². The summed E-state index contributed by atoms with van der Waals surface area (Å²) in [5.41, 5.74) is 4.10. The molecule has 1 aliphatic carbocycles. The van der Waals surface area contributed by atoms with Crippen LogP contribution in [0.2, 0.25) is 0 Å². The SMILES string of the molecule is Cc1nc(CC(NN)C2CC2C)sc1C. The van der Waals surface area contributed by atoms with Crippen molar-refractivity contribution in [3.63, 3.8) is 0 Å². The maximum Gasteiger partial charge on any atom is 0.0947 e. The van der Waals surface area contributed by atoms with E-state index in [1.54, 1.807) is 11.3 Å². The van der Waals surface area contributed by atoms with Gasteiger partial charge in [0, 0.05) is 17.3 Å². The molecule has 3 N–H and O–H groups in total. The number of nitrogens with zero attached hydrogens (tertiary/aromatic N) is 1. The molecule has 3 unspecified atom stereocenters. The van der Waals surface area contributed by atoms with Gasteiger partial charge in [0.2, 0.25) is 0 Å². The fourth-order valence-corrected chi connectivity index (χ4v) is 3.05. The topological polar surface area (TPSA) is 50.9 Å². The number of aromatic nitrogens is 1. The van der Waals surface area contributed by atoms with E-state index in [-0.39, 0.29) is 0 Å². The van der Waals surface area contributed by atoms with Crippen LogP contribution < -0.4 is 11.3 Å². The second kappa shape index (κ2) is 4.20. The minimum absolute atomic E-state index is 0.407. The molecule has 15 heavy (non-hydrogen) atoms. The highest BCUT2D eigenvalue weighted by Crippen LogP contribution is 2.41. The van der Waals surface area contributed by atoms with E-state index in [9.17, 15) is 0 Å². The lowest BCUT2D eigenvalue weighted by molar-refractivity contribution is 0.453. The zero-order chi connectivity index (χ0) is 11.0. The fraction of sp³-hybridized carbons (Fsp3) is 0.727. The Balaban J connectivity index is 2.00. The molecule has 84 valence electrons. The number of nitrogens with one attached hydrogen (secondary N) is 1. The summed E-state index contributed by atoms with van der Waals surface area (Å²) in [7, 11) is 0. The summed E-state index contributed by atoms with van der Waals surface area (Å²) in [5.74, 6) is 7.17. The molecule has 0 spiro atoms. The van der Waals surface area contributed by atoms with E-state index in [0.29, 0.717) is 6.04 Å². The Morgan fingerprint density at radius 1 is 1.60 bits per heavy atom. The highest BCUT2D eigenvalue weighted by atomic mass is 32.1. The van der Waals surface area contributed by atoms with E-state index in [0.717, 1.165) is 24.0 Å². The van der Waals surface area contributed by atoms with Gasteiger partial charge >= 0.3 is 0 Å². The first-order valence-corrected chi connectivity index (χ1v) is 6.32. The molecule has 3 atom stereocenters. The monoisotopic (exact) mass is 225 g/mol. The predicted octanol–water partition coefficient (Wildman–Crippen LogP) is 1.79. The lowest BCUT2D eigenvalue weighted by Crippen LogP contribution is -2.38. The minimum atomic E-state index is 0.407. The molecule has 4 heteroatoms. The maximum absolute atomic E-state index is 5.60. The van der Waals surface area contributed by atoms with E-state index >= 15 is 0 Å². The average molecular weight is 225 g/mol. The van der Waals surface area contributed by atoms with Crippen LogP contribution in [0, 0.1) is 25.7 Å². The largest absolute Gasteiger partial charge is 0.271 e. The van der Waals surface area contributed by atoms with Crippen LogP contribution in [-0.4, -0.2) is 11.0 Å². The van der Waals surface area contributed by atoms with Crippen molar-refractivity contribution >= 4 is 11.3 Å². The Kier molecular flexibility index (Phi) is 3.09. The van der Waals surface area contributed by atoms with E-state index < -0.39 is 0 Å². The van der Waals surface area contributed by atoms with Crippen LogP contribution >= 0.6 is 11.3 Å². The standard InChI is InChI=1S/C11H19N3S/c1-6-4-9(6)10(14-12)5-11-13-7(2)8(3)15-11/h6,9-10,14H,4-5,12H2,1-3H3. The van der Waals surface area contributed by atoms with Gasteiger partial charge < -0.3 is 0 Å². The van der Waals surface area contributed by atoms with Crippen LogP contribution in [0.25, 0.3) is 0 Å². The molecule has 0 bridgehead atoms. The molecule has 3 nitrogen and oxygen atoms in total. The molecule has 2 rings (SSSR count). The molecule has 0 amide bonds. The Morgan fingerprint density at radius 3 is 2.67 bits per heavy atom. The lowest BCUT2D eigenvalue weighted by Gasteiger charge is -2.13. The Hall–Kier alpha value is -0.450. The summed E-state index contributed by atoms with van der Waals surface area (Å²) in [4.78, 5) is 5.88. The highest BCUT2D eigenvalue weighted by Gasteiger charge is 2.39. The van der Waals surface area contributed by atoms with Crippen molar-refractivity contribution in [1.29, 1.82) is 0 Å². The summed E-state index contributed by atoms with van der Waals surface area (Å²) < 4.78 is 0. The van der Waals surface area contributed by atoms with Crippen LogP contribution in [0.15, 0.2) is 0 Å². The molecule has 1 fully saturated rings. The third kappa shape index (κ3) is 2.38. The molecule has 0 saturated heterocycles. The summed E-state index contributed by atoms with van der Waals surface area (Å²) in [6, 6.07) is 0.407. The van der Waals surface area contributed by atoms with Gasteiger partial charge in [0.1, 0.15) is 0 Å². The first kappa shape index (κ1) is 11.0. The number of hydrogen-bond acceptors (Lipinski definition) is 4. The third-order valence-corrected chi connectivity index (χ3v) is 4.47. The first-order valence-electron chi connectivity index (χ1n) is 5.51. The van der Waals surface area contributed by atoms with E-state index in [1.807, 2.05) is 0 Å².